The predicted molar refractivity (Wildman–Crippen MR) is 102 cm³/mol. The van der Waals surface area contributed by atoms with Crippen molar-refractivity contribution in [3.05, 3.63) is 81.4 Å². The van der Waals surface area contributed by atoms with E-state index in [4.69, 9.17) is 4.74 Å². The van der Waals surface area contributed by atoms with Crippen LogP contribution in [0, 0.1) is 10.1 Å². The number of non-ortho nitro benzene ring substituents is 1. The van der Waals surface area contributed by atoms with E-state index in [2.05, 4.69) is 5.10 Å². The van der Waals surface area contributed by atoms with Crippen LogP contribution in [0.4, 0.5) is 5.69 Å². The molecule has 0 saturated heterocycles. The molecule has 0 spiro atoms. The lowest BCUT2D eigenvalue weighted by Crippen LogP contribution is -2.36. The summed E-state index contributed by atoms with van der Waals surface area (Å²) in [6.07, 6.45) is 1.38. The monoisotopic (exact) mass is 375 g/mol. The third-order valence-electron chi connectivity index (χ3n) is 4.48. The molecule has 0 atom stereocenters. The fourth-order valence-electron chi connectivity index (χ4n) is 3.18. The second-order valence-corrected chi connectivity index (χ2v) is 6.06. The molecule has 0 N–H and O–H groups in total. The van der Waals surface area contributed by atoms with Crippen molar-refractivity contribution in [2.75, 3.05) is 7.11 Å². The number of hydrogen-bond acceptors (Lipinski definition) is 6. The molecule has 0 aliphatic carbocycles. The average molecular weight is 375 g/mol. The van der Waals surface area contributed by atoms with Gasteiger partial charge in [-0.1, -0.05) is 18.2 Å². The van der Waals surface area contributed by atoms with Crippen LogP contribution in [-0.4, -0.2) is 35.1 Å². The molecule has 0 fully saturated rings. The lowest BCUT2D eigenvalue weighted by molar-refractivity contribution is -0.383. The highest BCUT2D eigenvalue weighted by atomic mass is 16.6. The SMILES string of the molecule is COc1cccc(/C=N\N2C(=O)c3cccc4c([N+](=O)[O-])ccc(c34)C2=O)c1. The fraction of sp³-hybridized carbons (Fsp3) is 0.0500. The Kier molecular flexibility index (Phi) is 4.08. The second kappa shape index (κ2) is 6.58. The molecule has 2 amide bonds. The first-order valence-corrected chi connectivity index (χ1v) is 8.28. The Balaban J connectivity index is 1.80. The number of benzene rings is 3. The zero-order valence-corrected chi connectivity index (χ0v) is 14.7. The summed E-state index contributed by atoms with van der Waals surface area (Å²) in [6.45, 7) is 0. The zero-order chi connectivity index (χ0) is 19.8. The minimum absolute atomic E-state index is 0.158. The number of amides is 2. The van der Waals surface area contributed by atoms with Gasteiger partial charge in [-0.25, -0.2) is 0 Å². The summed E-state index contributed by atoms with van der Waals surface area (Å²) in [4.78, 5) is 36.4. The molecule has 0 unspecified atom stereocenters. The van der Waals surface area contributed by atoms with Crippen molar-refractivity contribution in [3.63, 3.8) is 0 Å². The van der Waals surface area contributed by atoms with Crippen LogP contribution < -0.4 is 4.74 Å². The van der Waals surface area contributed by atoms with Crippen LogP contribution in [0.3, 0.4) is 0 Å². The molecule has 1 aliphatic heterocycles. The van der Waals surface area contributed by atoms with Crippen molar-refractivity contribution in [3.8, 4) is 5.75 Å². The standard InChI is InChI=1S/C20H13N3O5/c1-28-13-5-2-4-12(10-13)11-21-22-19(24)15-7-3-6-14-17(23(26)27)9-8-16(18(14)15)20(22)25/h2-11H,1H3/b21-11-. The average Bonchev–Trinajstić information content (AvgIpc) is 2.71. The minimum Gasteiger partial charge on any atom is -0.497 e. The molecule has 1 aliphatic rings. The van der Waals surface area contributed by atoms with Crippen LogP contribution in [0.2, 0.25) is 0 Å². The number of nitro benzene ring substituents is 1. The maximum atomic E-state index is 12.8. The number of nitrogens with zero attached hydrogens (tertiary/aromatic N) is 3. The topological polar surface area (TPSA) is 102 Å². The number of hydrazone groups is 1. The van der Waals surface area contributed by atoms with Crippen molar-refractivity contribution in [1.29, 1.82) is 0 Å². The summed E-state index contributed by atoms with van der Waals surface area (Å²) in [5, 5.41) is 16.6. The Bertz CT molecular complexity index is 1160. The van der Waals surface area contributed by atoms with Gasteiger partial charge in [-0.15, -0.1) is 0 Å². The number of carbonyl (C=O) groups excluding carboxylic acids is 2. The third kappa shape index (κ3) is 2.67. The number of rotatable bonds is 4. The number of methoxy groups -OCH3 is 1. The Morgan fingerprint density at radius 2 is 1.75 bits per heavy atom. The Morgan fingerprint density at radius 3 is 2.46 bits per heavy atom. The van der Waals surface area contributed by atoms with Crippen molar-refractivity contribution in [1.82, 2.24) is 5.01 Å². The molecular weight excluding hydrogens is 362 g/mol. The Hall–Kier alpha value is -4.07. The second-order valence-electron chi connectivity index (χ2n) is 6.06. The molecule has 138 valence electrons. The molecule has 8 heteroatoms. The van der Waals surface area contributed by atoms with Crippen molar-refractivity contribution in [2.24, 2.45) is 5.10 Å². The first-order chi connectivity index (χ1) is 13.5. The van der Waals surface area contributed by atoms with Crippen LogP contribution >= 0.6 is 0 Å². The van der Waals surface area contributed by atoms with Gasteiger partial charge >= 0.3 is 0 Å². The van der Waals surface area contributed by atoms with Crippen LogP contribution in [0.5, 0.6) is 5.75 Å². The summed E-state index contributed by atoms with van der Waals surface area (Å²) < 4.78 is 5.14. The summed E-state index contributed by atoms with van der Waals surface area (Å²) in [7, 11) is 1.53. The smallest absolute Gasteiger partial charge is 0.282 e. The molecule has 0 bridgehead atoms. The van der Waals surface area contributed by atoms with E-state index in [-0.39, 0.29) is 27.6 Å². The van der Waals surface area contributed by atoms with E-state index < -0.39 is 16.7 Å². The van der Waals surface area contributed by atoms with Crippen molar-refractivity contribution < 1.29 is 19.2 Å². The molecule has 1 heterocycles. The maximum absolute atomic E-state index is 12.8. The number of hydrogen-bond donors (Lipinski definition) is 0. The molecule has 28 heavy (non-hydrogen) atoms. The van der Waals surface area contributed by atoms with E-state index in [0.29, 0.717) is 11.3 Å². The van der Waals surface area contributed by atoms with E-state index >= 15 is 0 Å². The fourth-order valence-corrected chi connectivity index (χ4v) is 3.18. The largest absolute Gasteiger partial charge is 0.497 e. The molecule has 8 nitrogen and oxygen atoms in total. The van der Waals surface area contributed by atoms with Gasteiger partial charge in [0.2, 0.25) is 0 Å². The van der Waals surface area contributed by atoms with Crippen LogP contribution in [0.1, 0.15) is 26.3 Å². The van der Waals surface area contributed by atoms with E-state index in [1.165, 1.54) is 37.6 Å². The minimum atomic E-state index is -0.636. The van der Waals surface area contributed by atoms with Crippen molar-refractivity contribution in [2.45, 2.75) is 0 Å². The first kappa shape index (κ1) is 17.3. The molecule has 0 radical (unpaired) electrons. The maximum Gasteiger partial charge on any atom is 0.282 e. The van der Waals surface area contributed by atoms with Gasteiger partial charge < -0.3 is 4.74 Å². The van der Waals surface area contributed by atoms with Crippen molar-refractivity contribution >= 4 is 34.5 Å². The van der Waals surface area contributed by atoms with Gasteiger partial charge in [0.15, 0.2) is 0 Å². The number of imide groups is 1. The van der Waals surface area contributed by atoms with Crippen LogP contribution in [0.25, 0.3) is 10.8 Å². The highest BCUT2D eigenvalue weighted by molar-refractivity contribution is 6.26. The van der Waals surface area contributed by atoms with Gasteiger partial charge in [0, 0.05) is 11.5 Å². The van der Waals surface area contributed by atoms with E-state index in [0.717, 1.165) is 5.01 Å². The zero-order valence-electron chi connectivity index (χ0n) is 14.7. The lowest BCUT2D eigenvalue weighted by atomic mass is 9.94. The molecule has 3 aromatic rings. The van der Waals surface area contributed by atoms with Gasteiger partial charge in [0.1, 0.15) is 5.75 Å². The third-order valence-corrected chi connectivity index (χ3v) is 4.48. The van der Waals surface area contributed by atoms with Gasteiger partial charge in [0.05, 0.1) is 34.8 Å². The van der Waals surface area contributed by atoms with Crippen LogP contribution in [0.15, 0.2) is 59.7 Å². The Morgan fingerprint density at radius 1 is 1.04 bits per heavy atom. The van der Waals surface area contributed by atoms with Gasteiger partial charge in [-0.05, 0) is 35.9 Å². The van der Waals surface area contributed by atoms with Crippen LogP contribution in [-0.2, 0) is 0 Å². The summed E-state index contributed by atoms with van der Waals surface area (Å²) in [5.41, 5.74) is 0.874. The Labute approximate surface area is 158 Å². The van der Waals surface area contributed by atoms with E-state index in [1.54, 1.807) is 30.3 Å². The lowest BCUT2D eigenvalue weighted by Gasteiger charge is -2.22. The molecule has 4 rings (SSSR count). The van der Waals surface area contributed by atoms with E-state index in [9.17, 15) is 19.7 Å². The molecule has 3 aromatic carbocycles. The first-order valence-electron chi connectivity index (χ1n) is 8.28. The van der Waals surface area contributed by atoms with Gasteiger partial charge in [-0.3, -0.25) is 19.7 Å². The summed E-state index contributed by atoms with van der Waals surface area (Å²) in [5.74, 6) is -0.659. The number of carbonyl (C=O) groups is 2. The molecule has 0 aromatic heterocycles. The highest BCUT2D eigenvalue weighted by Crippen LogP contribution is 2.35. The normalized spacial score (nSPS) is 13.4. The number of ether oxygens (including phenoxy) is 1. The molecule has 0 saturated carbocycles. The van der Waals surface area contributed by atoms with E-state index in [1.807, 2.05) is 0 Å². The number of nitro groups is 1. The highest BCUT2D eigenvalue weighted by Gasteiger charge is 2.34. The summed E-state index contributed by atoms with van der Waals surface area (Å²) >= 11 is 0. The quantitative estimate of drug-likeness (QED) is 0.301. The predicted octanol–water partition coefficient (Wildman–Crippen LogP) is 3.39. The summed E-state index contributed by atoms with van der Waals surface area (Å²) in [6, 6.07) is 14.2. The van der Waals surface area contributed by atoms with Gasteiger partial charge in [-0.2, -0.15) is 10.1 Å². The molecular formula is C20H13N3O5. The van der Waals surface area contributed by atoms with Gasteiger partial charge in [0.25, 0.3) is 17.5 Å².